The van der Waals surface area contributed by atoms with E-state index in [4.69, 9.17) is 0 Å². The van der Waals surface area contributed by atoms with E-state index < -0.39 is 0 Å². The molecule has 1 nitrogen and oxygen atoms in total. The van der Waals surface area contributed by atoms with Crippen molar-refractivity contribution in [2.24, 2.45) is 11.3 Å². The van der Waals surface area contributed by atoms with Crippen LogP contribution < -0.4 is 0 Å². The summed E-state index contributed by atoms with van der Waals surface area (Å²) in [5.74, 6) is 0.758. The normalized spacial score (nSPS) is 38.5. The lowest BCUT2D eigenvalue weighted by Gasteiger charge is -2.39. The van der Waals surface area contributed by atoms with Crippen molar-refractivity contribution in [2.45, 2.75) is 33.1 Å². The van der Waals surface area contributed by atoms with Gasteiger partial charge >= 0.3 is 0 Å². The highest BCUT2D eigenvalue weighted by Gasteiger charge is 2.35. The molecule has 2 rings (SSSR count). The van der Waals surface area contributed by atoms with Gasteiger partial charge in [0.15, 0.2) is 5.78 Å². The van der Waals surface area contributed by atoms with Crippen LogP contribution in [0.4, 0.5) is 0 Å². The van der Waals surface area contributed by atoms with Gasteiger partial charge < -0.3 is 0 Å². The van der Waals surface area contributed by atoms with Crippen molar-refractivity contribution in [2.75, 3.05) is 0 Å². The third kappa shape index (κ3) is 1.37. The Labute approximate surface area is 79.5 Å². The summed E-state index contributed by atoms with van der Waals surface area (Å²) >= 11 is 0. The van der Waals surface area contributed by atoms with E-state index in [1.54, 1.807) is 6.08 Å². The first-order valence-electron chi connectivity index (χ1n) is 5.07. The number of hydrogen-bond acceptors (Lipinski definition) is 1. The highest BCUT2D eigenvalue weighted by molar-refractivity contribution is 6.01. The molecule has 0 spiro atoms. The zero-order chi connectivity index (χ0) is 9.47. The quantitative estimate of drug-likeness (QED) is 0.554. The maximum atomic E-state index is 11.2. The Morgan fingerprint density at radius 2 is 2.31 bits per heavy atom. The number of carbonyl (C=O) groups excluding carboxylic acids is 1. The number of allylic oxidation sites excluding steroid dienone is 4. The van der Waals surface area contributed by atoms with Gasteiger partial charge in [-0.3, -0.25) is 4.79 Å². The molecule has 0 heterocycles. The summed E-state index contributed by atoms with van der Waals surface area (Å²) in [6.07, 6.45) is 9.40. The number of carbonyl (C=O) groups is 1. The van der Waals surface area contributed by atoms with Crippen molar-refractivity contribution in [1.29, 1.82) is 0 Å². The summed E-state index contributed by atoms with van der Waals surface area (Å²) in [7, 11) is 0. The molecule has 2 atom stereocenters. The highest BCUT2D eigenvalue weighted by atomic mass is 16.1. The van der Waals surface area contributed by atoms with Gasteiger partial charge in [0.2, 0.25) is 0 Å². The van der Waals surface area contributed by atoms with Crippen molar-refractivity contribution in [3.05, 3.63) is 23.8 Å². The average molecular weight is 176 g/mol. The molecule has 0 N–H and O–H groups in total. The Kier molecular flexibility index (Phi) is 1.90. The summed E-state index contributed by atoms with van der Waals surface area (Å²) in [6, 6.07) is 0. The predicted molar refractivity (Wildman–Crippen MR) is 53.4 cm³/mol. The molecule has 0 aromatic rings. The highest BCUT2D eigenvalue weighted by Crippen LogP contribution is 2.46. The Morgan fingerprint density at radius 3 is 3.08 bits per heavy atom. The lowest BCUT2D eigenvalue weighted by atomic mass is 9.65. The summed E-state index contributed by atoms with van der Waals surface area (Å²) in [4.78, 5) is 11.2. The largest absolute Gasteiger partial charge is 0.290 e. The topological polar surface area (TPSA) is 17.1 Å². The molecule has 0 saturated heterocycles. The van der Waals surface area contributed by atoms with E-state index in [-0.39, 0.29) is 11.2 Å². The molecule has 1 heteroatoms. The van der Waals surface area contributed by atoms with Gasteiger partial charge in [0.25, 0.3) is 0 Å². The zero-order valence-corrected chi connectivity index (χ0v) is 8.34. The van der Waals surface area contributed by atoms with Crippen LogP contribution in [0.3, 0.4) is 0 Å². The molecule has 0 bridgehead atoms. The zero-order valence-electron chi connectivity index (χ0n) is 8.34. The molecule has 2 aliphatic carbocycles. The van der Waals surface area contributed by atoms with E-state index in [0.29, 0.717) is 5.92 Å². The molecule has 2 aliphatic rings. The van der Waals surface area contributed by atoms with Gasteiger partial charge in [0.1, 0.15) is 0 Å². The summed E-state index contributed by atoms with van der Waals surface area (Å²) in [5, 5.41) is 0. The first kappa shape index (κ1) is 8.74. The molecule has 0 amide bonds. The molecule has 1 fully saturated rings. The van der Waals surface area contributed by atoms with Crippen molar-refractivity contribution in [3.8, 4) is 0 Å². The molecule has 0 aromatic carbocycles. The molecular weight excluding hydrogens is 160 g/mol. The lowest BCUT2D eigenvalue weighted by molar-refractivity contribution is -0.110. The fourth-order valence-electron chi connectivity index (χ4n) is 2.59. The van der Waals surface area contributed by atoms with E-state index in [0.717, 1.165) is 0 Å². The standard InChI is InChI=1S/C12H16O/c1-9-4-3-6-12(2)7-5-10(13)8-11(9)12/h5,7-9H,3-4,6H2,1-2H3/t9-,12-/m0/s1. The van der Waals surface area contributed by atoms with Gasteiger partial charge in [-0.15, -0.1) is 0 Å². The number of fused-ring (bicyclic) bond motifs is 1. The van der Waals surface area contributed by atoms with Crippen LogP contribution in [0.1, 0.15) is 33.1 Å². The van der Waals surface area contributed by atoms with Gasteiger partial charge in [-0.05, 0) is 30.9 Å². The fraction of sp³-hybridized carbons (Fsp3) is 0.583. The maximum absolute atomic E-state index is 11.2. The Bertz CT molecular complexity index is 298. The predicted octanol–water partition coefficient (Wildman–Crippen LogP) is 2.88. The molecule has 0 radical (unpaired) electrons. The van der Waals surface area contributed by atoms with E-state index in [9.17, 15) is 4.79 Å². The lowest BCUT2D eigenvalue weighted by Crippen LogP contribution is -2.29. The summed E-state index contributed by atoms with van der Waals surface area (Å²) in [6.45, 7) is 4.48. The fourth-order valence-corrected chi connectivity index (χ4v) is 2.59. The number of hydrogen-bond donors (Lipinski definition) is 0. The number of rotatable bonds is 0. The monoisotopic (exact) mass is 176 g/mol. The van der Waals surface area contributed by atoms with Gasteiger partial charge in [0, 0.05) is 5.41 Å². The van der Waals surface area contributed by atoms with Crippen LogP contribution in [0.25, 0.3) is 0 Å². The minimum absolute atomic E-state index is 0.168. The third-order valence-corrected chi connectivity index (χ3v) is 3.44. The van der Waals surface area contributed by atoms with Crippen molar-refractivity contribution in [1.82, 2.24) is 0 Å². The first-order valence-corrected chi connectivity index (χ1v) is 5.07. The second-order valence-corrected chi connectivity index (χ2v) is 4.55. The summed E-state index contributed by atoms with van der Waals surface area (Å²) < 4.78 is 0. The van der Waals surface area contributed by atoms with Gasteiger partial charge in [-0.1, -0.05) is 31.9 Å². The average Bonchev–Trinajstić information content (AvgIpc) is 2.08. The first-order chi connectivity index (χ1) is 6.12. The second kappa shape index (κ2) is 2.83. The smallest absolute Gasteiger partial charge is 0.178 e. The van der Waals surface area contributed by atoms with E-state index in [1.807, 2.05) is 6.08 Å². The number of ketones is 1. The molecule has 0 aliphatic heterocycles. The summed E-state index contributed by atoms with van der Waals surface area (Å²) in [5.41, 5.74) is 1.54. The van der Waals surface area contributed by atoms with Crippen LogP contribution in [0.5, 0.6) is 0 Å². The van der Waals surface area contributed by atoms with Gasteiger partial charge in [-0.25, -0.2) is 0 Å². The Hall–Kier alpha value is -0.850. The van der Waals surface area contributed by atoms with Crippen LogP contribution in [-0.2, 0) is 4.79 Å². The van der Waals surface area contributed by atoms with Crippen molar-refractivity contribution >= 4 is 5.78 Å². The Morgan fingerprint density at radius 1 is 1.54 bits per heavy atom. The van der Waals surface area contributed by atoms with Crippen LogP contribution in [0.2, 0.25) is 0 Å². The van der Waals surface area contributed by atoms with Gasteiger partial charge in [0.05, 0.1) is 0 Å². The van der Waals surface area contributed by atoms with Crippen LogP contribution in [-0.4, -0.2) is 5.78 Å². The van der Waals surface area contributed by atoms with E-state index >= 15 is 0 Å². The molecular formula is C12H16O. The van der Waals surface area contributed by atoms with Crippen LogP contribution in [0, 0.1) is 11.3 Å². The van der Waals surface area contributed by atoms with Crippen molar-refractivity contribution < 1.29 is 4.79 Å². The maximum Gasteiger partial charge on any atom is 0.178 e. The van der Waals surface area contributed by atoms with E-state index in [1.165, 1.54) is 24.8 Å². The minimum atomic E-state index is 0.168. The Balaban J connectivity index is 2.39. The minimum Gasteiger partial charge on any atom is -0.290 e. The third-order valence-electron chi connectivity index (χ3n) is 3.44. The second-order valence-electron chi connectivity index (χ2n) is 4.55. The van der Waals surface area contributed by atoms with Crippen LogP contribution in [0.15, 0.2) is 23.8 Å². The van der Waals surface area contributed by atoms with E-state index in [2.05, 4.69) is 19.9 Å². The van der Waals surface area contributed by atoms with Crippen LogP contribution >= 0.6 is 0 Å². The molecule has 0 unspecified atom stereocenters. The molecule has 70 valence electrons. The van der Waals surface area contributed by atoms with Gasteiger partial charge in [-0.2, -0.15) is 0 Å². The molecule has 13 heavy (non-hydrogen) atoms. The molecule has 0 aromatic heterocycles. The van der Waals surface area contributed by atoms with Crippen molar-refractivity contribution in [3.63, 3.8) is 0 Å². The SMILES string of the molecule is C[C@H]1CCC[C@@]2(C)C=CC(=O)C=C12. The molecule has 1 saturated carbocycles.